The first-order chi connectivity index (χ1) is 8.99. The maximum absolute atomic E-state index is 12.8. The van der Waals surface area contributed by atoms with Crippen molar-refractivity contribution in [2.24, 2.45) is 0 Å². The van der Waals surface area contributed by atoms with Gasteiger partial charge in [0, 0.05) is 5.69 Å². The Morgan fingerprint density at radius 1 is 1.11 bits per heavy atom. The van der Waals surface area contributed by atoms with E-state index in [1.54, 1.807) is 12.5 Å². The quantitative estimate of drug-likeness (QED) is 0.515. The van der Waals surface area contributed by atoms with Gasteiger partial charge in [0.2, 0.25) is 0 Å². The van der Waals surface area contributed by atoms with Crippen molar-refractivity contribution < 1.29 is 14.0 Å². The summed E-state index contributed by atoms with van der Waals surface area (Å²) in [4.78, 5) is 23.7. The number of Topliss-reactive ketones (excluding diaryl/α,β-unsaturated/α-hetero) is 1. The van der Waals surface area contributed by atoms with Crippen LogP contribution in [0.25, 0.3) is 0 Å². The molecule has 1 N–H and O–H groups in total. The highest BCUT2D eigenvalue weighted by atomic mass is 32.2. The lowest BCUT2D eigenvalue weighted by molar-refractivity contribution is -0.118. The maximum Gasteiger partial charge on any atom is 0.260 e. The maximum atomic E-state index is 12.8. The van der Waals surface area contributed by atoms with Crippen LogP contribution in [0.5, 0.6) is 0 Å². The highest BCUT2D eigenvalue weighted by molar-refractivity contribution is 8.21. The number of carbonyl (C=O) groups is 2. The van der Waals surface area contributed by atoms with E-state index < -0.39 is 5.91 Å². The monoisotopic (exact) mass is 299 g/mol. The fourth-order valence-corrected chi connectivity index (χ4v) is 2.96. The van der Waals surface area contributed by atoms with Crippen LogP contribution in [-0.4, -0.2) is 24.2 Å². The Bertz CT molecular complexity index is 506. The van der Waals surface area contributed by atoms with Gasteiger partial charge in [-0.05, 0) is 43.7 Å². The molecule has 0 unspecified atom stereocenters. The number of thioether (sulfide) groups is 2. The lowest BCUT2D eigenvalue weighted by Crippen LogP contribution is -2.20. The largest absolute Gasteiger partial charge is 0.322 e. The number of amides is 1. The number of ketones is 1. The molecule has 1 amide bonds. The van der Waals surface area contributed by atoms with Crippen molar-refractivity contribution in [2.75, 3.05) is 17.8 Å². The summed E-state index contributed by atoms with van der Waals surface area (Å²) in [5.41, 5.74) is 0.580. The Labute approximate surface area is 120 Å². The van der Waals surface area contributed by atoms with E-state index >= 15 is 0 Å². The number of anilines is 1. The van der Waals surface area contributed by atoms with Crippen molar-refractivity contribution in [1.82, 2.24) is 0 Å². The summed E-state index contributed by atoms with van der Waals surface area (Å²) >= 11 is 2.70. The van der Waals surface area contributed by atoms with E-state index in [1.807, 2.05) is 0 Å². The average molecular weight is 299 g/mol. The van der Waals surface area contributed by atoms with E-state index in [0.29, 0.717) is 9.92 Å². The Kier molecular flexibility index (Phi) is 6.11. The van der Waals surface area contributed by atoms with Gasteiger partial charge in [0.15, 0.2) is 5.78 Å². The molecule has 0 spiro atoms. The molecule has 1 rings (SSSR count). The van der Waals surface area contributed by atoms with Gasteiger partial charge in [0.25, 0.3) is 5.91 Å². The zero-order valence-electron chi connectivity index (χ0n) is 10.8. The summed E-state index contributed by atoms with van der Waals surface area (Å²) in [7, 11) is 0. The number of halogens is 1. The molecular weight excluding hydrogens is 285 g/mol. The van der Waals surface area contributed by atoms with Gasteiger partial charge in [-0.15, -0.1) is 23.5 Å². The summed E-state index contributed by atoms with van der Waals surface area (Å²) < 4.78 is 13.4. The number of hydrogen-bond acceptors (Lipinski definition) is 4. The molecule has 3 nitrogen and oxygen atoms in total. The number of carbonyl (C=O) groups excluding carboxylic acids is 2. The van der Waals surface area contributed by atoms with Crippen LogP contribution in [0.2, 0.25) is 0 Å². The fraction of sp³-hybridized carbons (Fsp3) is 0.231. The number of hydrogen-bond donors (Lipinski definition) is 1. The van der Waals surface area contributed by atoms with Gasteiger partial charge in [-0.3, -0.25) is 9.59 Å². The molecular formula is C13H14FNO2S2. The third kappa shape index (κ3) is 4.40. The molecule has 0 saturated carbocycles. The van der Waals surface area contributed by atoms with Crippen LogP contribution >= 0.6 is 23.5 Å². The number of nitrogens with one attached hydrogen (secondary N) is 1. The van der Waals surface area contributed by atoms with Gasteiger partial charge in [-0.25, -0.2) is 4.39 Å². The van der Waals surface area contributed by atoms with Crippen LogP contribution < -0.4 is 5.32 Å². The van der Waals surface area contributed by atoms with Gasteiger partial charge in [-0.2, -0.15) is 0 Å². The second-order valence-electron chi connectivity index (χ2n) is 3.59. The normalized spacial score (nSPS) is 9.89. The van der Waals surface area contributed by atoms with Crippen LogP contribution in [0.4, 0.5) is 10.1 Å². The smallest absolute Gasteiger partial charge is 0.260 e. The van der Waals surface area contributed by atoms with Crippen molar-refractivity contribution >= 4 is 40.9 Å². The topological polar surface area (TPSA) is 46.2 Å². The van der Waals surface area contributed by atoms with E-state index in [1.165, 1.54) is 54.7 Å². The average Bonchev–Trinajstić information content (AvgIpc) is 2.37. The second kappa shape index (κ2) is 7.35. The molecule has 0 bridgehead atoms. The summed E-state index contributed by atoms with van der Waals surface area (Å²) in [6.07, 6.45) is 3.61. The molecule has 6 heteroatoms. The Morgan fingerprint density at radius 2 is 1.63 bits per heavy atom. The molecule has 1 aromatic rings. The summed E-state index contributed by atoms with van der Waals surface area (Å²) in [6.45, 7) is 1.35. The fourth-order valence-electron chi connectivity index (χ4n) is 1.41. The third-order valence-corrected chi connectivity index (χ3v) is 4.41. The number of rotatable bonds is 5. The molecule has 0 atom stereocenters. The minimum Gasteiger partial charge on any atom is -0.322 e. The molecule has 0 radical (unpaired) electrons. The second-order valence-corrected chi connectivity index (χ2v) is 5.48. The molecule has 0 aliphatic carbocycles. The molecule has 0 aliphatic rings. The minimum absolute atomic E-state index is 0.129. The first kappa shape index (κ1) is 15.8. The lowest BCUT2D eigenvalue weighted by atomic mass is 10.2. The zero-order chi connectivity index (χ0) is 14.4. The van der Waals surface area contributed by atoms with Gasteiger partial charge in [0.1, 0.15) is 11.4 Å². The van der Waals surface area contributed by atoms with E-state index in [-0.39, 0.29) is 17.2 Å². The Morgan fingerprint density at radius 3 is 2.05 bits per heavy atom. The van der Waals surface area contributed by atoms with Crippen LogP contribution in [0.15, 0.2) is 34.1 Å². The highest BCUT2D eigenvalue weighted by Crippen LogP contribution is 2.28. The molecule has 0 heterocycles. The zero-order valence-corrected chi connectivity index (χ0v) is 12.5. The number of benzene rings is 1. The molecule has 0 aliphatic heterocycles. The van der Waals surface area contributed by atoms with E-state index in [0.717, 1.165) is 0 Å². The van der Waals surface area contributed by atoms with Crippen LogP contribution in [-0.2, 0) is 9.59 Å². The standard InChI is InChI=1S/C13H14FNO2S2/c1-8(16)11(13(18-2)19-3)12(17)15-10-6-4-9(14)5-7-10/h4-7H,1-3H3,(H,15,17). The molecule has 102 valence electrons. The SMILES string of the molecule is CSC(SC)=C(C(C)=O)C(=O)Nc1ccc(F)cc1. The molecule has 1 aromatic carbocycles. The van der Waals surface area contributed by atoms with E-state index in [2.05, 4.69) is 5.32 Å². The van der Waals surface area contributed by atoms with Gasteiger partial charge in [0.05, 0.1) is 4.24 Å². The summed E-state index contributed by atoms with van der Waals surface area (Å²) in [5.74, 6) is -1.15. The van der Waals surface area contributed by atoms with Crippen molar-refractivity contribution in [3.8, 4) is 0 Å². The predicted molar refractivity (Wildman–Crippen MR) is 79.8 cm³/mol. The van der Waals surface area contributed by atoms with Crippen LogP contribution in [0.3, 0.4) is 0 Å². The minimum atomic E-state index is -0.474. The lowest BCUT2D eigenvalue weighted by Gasteiger charge is -2.10. The van der Waals surface area contributed by atoms with Crippen molar-refractivity contribution in [1.29, 1.82) is 0 Å². The first-order valence-corrected chi connectivity index (χ1v) is 7.84. The van der Waals surface area contributed by atoms with Crippen LogP contribution in [0, 0.1) is 5.82 Å². The Balaban J connectivity index is 2.99. The third-order valence-electron chi connectivity index (χ3n) is 2.26. The van der Waals surface area contributed by atoms with Gasteiger partial charge < -0.3 is 5.32 Å². The summed E-state index contributed by atoms with van der Waals surface area (Å²) in [5, 5.41) is 2.59. The molecule has 0 saturated heterocycles. The molecule has 19 heavy (non-hydrogen) atoms. The van der Waals surface area contributed by atoms with E-state index in [9.17, 15) is 14.0 Å². The molecule has 0 fully saturated rings. The predicted octanol–water partition coefficient (Wildman–Crippen LogP) is 3.29. The van der Waals surface area contributed by atoms with Gasteiger partial charge in [-0.1, -0.05) is 0 Å². The van der Waals surface area contributed by atoms with E-state index in [4.69, 9.17) is 0 Å². The van der Waals surface area contributed by atoms with Crippen molar-refractivity contribution in [2.45, 2.75) is 6.92 Å². The van der Waals surface area contributed by atoms with Gasteiger partial charge >= 0.3 is 0 Å². The summed E-state index contributed by atoms with van der Waals surface area (Å²) in [6, 6.07) is 5.39. The Hall–Kier alpha value is -1.27. The first-order valence-electron chi connectivity index (χ1n) is 5.39. The highest BCUT2D eigenvalue weighted by Gasteiger charge is 2.19. The molecule has 0 aromatic heterocycles. The van der Waals surface area contributed by atoms with Crippen molar-refractivity contribution in [3.63, 3.8) is 0 Å². The van der Waals surface area contributed by atoms with Crippen molar-refractivity contribution in [3.05, 3.63) is 39.9 Å². The van der Waals surface area contributed by atoms with Crippen LogP contribution in [0.1, 0.15) is 6.92 Å².